The van der Waals surface area contributed by atoms with E-state index in [1.807, 2.05) is 19.1 Å². The first-order valence-electron chi connectivity index (χ1n) is 7.35. The number of nitrogens with one attached hydrogen (secondary N) is 2. The maximum absolute atomic E-state index is 12.0. The predicted octanol–water partition coefficient (Wildman–Crippen LogP) is 4.35. The van der Waals surface area contributed by atoms with E-state index in [4.69, 9.17) is 11.6 Å². The zero-order valence-corrected chi connectivity index (χ0v) is 14.1. The van der Waals surface area contributed by atoms with Crippen LogP contribution in [-0.4, -0.2) is 11.8 Å². The SMILES string of the molecule is Cc1ccc(Cl)cc1NC(=O)C(=O)Nc1ccc(C(C)C)cc1. The number of hydrogen-bond donors (Lipinski definition) is 2. The summed E-state index contributed by atoms with van der Waals surface area (Å²) < 4.78 is 0. The zero-order valence-electron chi connectivity index (χ0n) is 13.3. The molecule has 0 bridgehead atoms. The van der Waals surface area contributed by atoms with Crippen LogP contribution in [0.25, 0.3) is 0 Å². The normalized spacial score (nSPS) is 10.5. The van der Waals surface area contributed by atoms with E-state index >= 15 is 0 Å². The van der Waals surface area contributed by atoms with E-state index in [0.29, 0.717) is 22.3 Å². The van der Waals surface area contributed by atoms with Crippen molar-refractivity contribution in [2.75, 3.05) is 10.6 Å². The van der Waals surface area contributed by atoms with E-state index in [1.165, 1.54) is 5.56 Å². The molecule has 0 radical (unpaired) electrons. The molecule has 0 aromatic heterocycles. The summed E-state index contributed by atoms with van der Waals surface area (Å²) in [5, 5.41) is 5.64. The van der Waals surface area contributed by atoms with Gasteiger partial charge in [-0.2, -0.15) is 0 Å². The monoisotopic (exact) mass is 330 g/mol. The van der Waals surface area contributed by atoms with Gasteiger partial charge in [0.2, 0.25) is 0 Å². The molecule has 23 heavy (non-hydrogen) atoms. The highest BCUT2D eigenvalue weighted by molar-refractivity contribution is 6.43. The molecule has 0 saturated heterocycles. The lowest BCUT2D eigenvalue weighted by Crippen LogP contribution is -2.29. The van der Waals surface area contributed by atoms with Crippen LogP contribution in [0.2, 0.25) is 5.02 Å². The quantitative estimate of drug-likeness (QED) is 0.822. The minimum Gasteiger partial charge on any atom is -0.318 e. The molecule has 0 heterocycles. The number of carbonyl (C=O) groups is 2. The highest BCUT2D eigenvalue weighted by Gasteiger charge is 2.15. The summed E-state index contributed by atoms with van der Waals surface area (Å²) >= 11 is 5.90. The second-order valence-corrected chi connectivity index (χ2v) is 6.08. The highest BCUT2D eigenvalue weighted by Crippen LogP contribution is 2.20. The second kappa shape index (κ2) is 7.29. The van der Waals surface area contributed by atoms with Crippen molar-refractivity contribution in [2.24, 2.45) is 0 Å². The van der Waals surface area contributed by atoms with Gasteiger partial charge in [0.25, 0.3) is 0 Å². The van der Waals surface area contributed by atoms with Crippen LogP contribution in [-0.2, 0) is 9.59 Å². The average molecular weight is 331 g/mol. The van der Waals surface area contributed by atoms with Gasteiger partial charge in [0.1, 0.15) is 0 Å². The summed E-state index contributed by atoms with van der Waals surface area (Å²) in [6.07, 6.45) is 0. The van der Waals surface area contributed by atoms with Gasteiger partial charge in [0, 0.05) is 16.4 Å². The molecule has 2 rings (SSSR count). The second-order valence-electron chi connectivity index (χ2n) is 5.64. The lowest BCUT2D eigenvalue weighted by atomic mass is 10.0. The van der Waals surface area contributed by atoms with Gasteiger partial charge in [-0.25, -0.2) is 0 Å². The topological polar surface area (TPSA) is 58.2 Å². The Morgan fingerprint density at radius 2 is 1.57 bits per heavy atom. The van der Waals surface area contributed by atoms with Gasteiger partial charge in [-0.1, -0.05) is 43.6 Å². The Balaban J connectivity index is 2.02. The van der Waals surface area contributed by atoms with E-state index in [2.05, 4.69) is 24.5 Å². The molecule has 0 atom stereocenters. The summed E-state index contributed by atoms with van der Waals surface area (Å²) in [5.74, 6) is -1.04. The molecule has 4 nitrogen and oxygen atoms in total. The Bertz CT molecular complexity index is 724. The number of rotatable bonds is 3. The van der Waals surface area contributed by atoms with E-state index < -0.39 is 11.8 Å². The fourth-order valence-electron chi connectivity index (χ4n) is 2.05. The minimum absolute atomic E-state index is 0.411. The fraction of sp³-hybridized carbons (Fsp3) is 0.222. The summed E-state index contributed by atoms with van der Waals surface area (Å²) in [4.78, 5) is 24.0. The largest absolute Gasteiger partial charge is 0.318 e. The predicted molar refractivity (Wildman–Crippen MR) is 94.0 cm³/mol. The fourth-order valence-corrected chi connectivity index (χ4v) is 2.22. The lowest BCUT2D eigenvalue weighted by Gasteiger charge is -2.10. The molecule has 0 aliphatic rings. The number of benzene rings is 2. The third-order valence-electron chi connectivity index (χ3n) is 3.49. The molecule has 120 valence electrons. The third kappa shape index (κ3) is 4.57. The molecule has 2 aromatic rings. The van der Waals surface area contributed by atoms with Crippen molar-refractivity contribution in [3.63, 3.8) is 0 Å². The van der Waals surface area contributed by atoms with Crippen LogP contribution in [0.5, 0.6) is 0 Å². The van der Waals surface area contributed by atoms with Crippen LogP contribution in [0.15, 0.2) is 42.5 Å². The van der Waals surface area contributed by atoms with Crippen LogP contribution < -0.4 is 10.6 Å². The summed E-state index contributed by atoms with van der Waals surface area (Å²) in [5.41, 5.74) is 3.10. The molecule has 0 fully saturated rings. The first kappa shape index (κ1) is 17.0. The first-order chi connectivity index (χ1) is 10.9. The van der Waals surface area contributed by atoms with Crippen molar-refractivity contribution in [3.8, 4) is 0 Å². The number of amides is 2. The first-order valence-corrected chi connectivity index (χ1v) is 7.73. The van der Waals surface area contributed by atoms with Crippen LogP contribution >= 0.6 is 11.6 Å². The Hall–Kier alpha value is -2.33. The minimum atomic E-state index is -0.733. The number of halogens is 1. The van der Waals surface area contributed by atoms with Gasteiger partial charge >= 0.3 is 11.8 Å². The van der Waals surface area contributed by atoms with Crippen LogP contribution in [0, 0.1) is 6.92 Å². The van der Waals surface area contributed by atoms with Crippen molar-refractivity contribution in [2.45, 2.75) is 26.7 Å². The molecule has 0 unspecified atom stereocenters. The Morgan fingerprint density at radius 1 is 0.957 bits per heavy atom. The molecule has 2 aromatic carbocycles. The van der Waals surface area contributed by atoms with Gasteiger partial charge in [-0.15, -0.1) is 0 Å². The summed E-state index contributed by atoms with van der Waals surface area (Å²) in [6.45, 7) is 6.01. The molecule has 0 aliphatic heterocycles. The Kier molecular flexibility index (Phi) is 5.40. The van der Waals surface area contributed by atoms with Crippen LogP contribution in [0.3, 0.4) is 0 Å². The van der Waals surface area contributed by atoms with Crippen LogP contribution in [0.4, 0.5) is 11.4 Å². The van der Waals surface area contributed by atoms with Gasteiger partial charge in [-0.3, -0.25) is 9.59 Å². The number of carbonyl (C=O) groups excluding carboxylic acids is 2. The summed E-state index contributed by atoms with van der Waals surface area (Å²) in [6, 6.07) is 12.5. The molecule has 2 N–H and O–H groups in total. The molecule has 0 aliphatic carbocycles. The molecular formula is C18H19ClN2O2. The van der Waals surface area contributed by atoms with E-state index in [9.17, 15) is 9.59 Å². The Labute approximate surface area is 140 Å². The van der Waals surface area contributed by atoms with Gasteiger partial charge in [-0.05, 0) is 48.2 Å². The smallest absolute Gasteiger partial charge is 0.314 e. The number of aryl methyl sites for hydroxylation is 1. The summed E-state index contributed by atoms with van der Waals surface area (Å²) in [7, 11) is 0. The van der Waals surface area contributed by atoms with Crippen molar-refractivity contribution < 1.29 is 9.59 Å². The van der Waals surface area contributed by atoms with Crippen molar-refractivity contribution in [1.29, 1.82) is 0 Å². The van der Waals surface area contributed by atoms with Crippen molar-refractivity contribution in [3.05, 3.63) is 58.6 Å². The number of hydrogen-bond acceptors (Lipinski definition) is 2. The lowest BCUT2D eigenvalue weighted by molar-refractivity contribution is -0.133. The molecule has 0 saturated carbocycles. The van der Waals surface area contributed by atoms with E-state index in [0.717, 1.165) is 5.56 Å². The van der Waals surface area contributed by atoms with Crippen molar-refractivity contribution in [1.82, 2.24) is 0 Å². The maximum atomic E-state index is 12.0. The van der Waals surface area contributed by atoms with Gasteiger partial charge in [0.15, 0.2) is 0 Å². The number of anilines is 2. The third-order valence-corrected chi connectivity index (χ3v) is 3.72. The van der Waals surface area contributed by atoms with Gasteiger partial charge in [0.05, 0.1) is 0 Å². The zero-order chi connectivity index (χ0) is 17.0. The van der Waals surface area contributed by atoms with E-state index in [-0.39, 0.29) is 0 Å². The molecule has 0 spiro atoms. The molecular weight excluding hydrogens is 312 g/mol. The van der Waals surface area contributed by atoms with Gasteiger partial charge < -0.3 is 10.6 Å². The highest BCUT2D eigenvalue weighted by atomic mass is 35.5. The standard InChI is InChI=1S/C18H19ClN2O2/c1-11(2)13-5-8-15(9-6-13)20-17(22)18(23)21-16-10-14(19)7-4-12(16)3/h4-11H,1-3H3,(H,20,22)(H,21,23). The maximum Gasteiger partial charge on any atom is 0.314 e. The average Bonchev–Trinajstić information content (AvgIpc) is 2.51. The van der Waals surface area contributed by atoms with Crippen LogP contribution in [0.1, 0.15) is 30.9 Å². The molecule has 5 heteroatoms. The van der Waals surface area contributed by atoms with E-state index in [1.54, 1.807) is 30.3 Å². The Morgan fingerprint density at radius 3 is 2.17 bits per heavy atom. The van der Waals surface area contributed by atoms with Crippen molar-refractivity contribution >= 4 is 34.8 Å². The molecule has 2 amide bonds.